The number of hydrogen-bond acceptors (Lipinski definition) is 2. The Labute approximate surface area is 127 Å². The average molecular weight is 304 g/mol. The minimum atomic E-state index is 0.512. The van der Waals surface area contributed by atoms with E-state index in [-0.39, 0.29) is 0 Å². The van der Waals surface area contributed by atoms with Crippen LogP contribution in [-0.4, -0.2) is 4.98 Å². The molecule has 1 heterocycles. The fourth-order valence-electron chi connectivity index (χ4n) is 1.98. The summed E-state index contributed by atoms with van der Waals surface area (Å²) in [5.74, 6) is 0.512. The van der Waals surface area contributed by atoms with Crippen LogP contribution in [0, 0.1) is 0 Å². The lowest BCUT2D eigenvalue weighted by molar-refractivity contribution is 0.573. The summed E-state index contributed by atoms with van der Waals surface area (Å²) in [4.78, 5) is 4.47. The molecule has 0 saturated carbocycles. The highest BCUT2D eigenvalue weighted by atomic mass is 35.5. The standard InChI is InChI=1S/C16H11Cl2NO/c17-12-6-7-14(15(18)9-12)16-19-13(10-20-16)8-11-4-2-1-3-5-11/h1-7,9-10H,8H2. The fraction of sp³-hybridized carbons (Fsp3) is 0.0625. The van der Waals surface area contributed by atoms with E-state index in [1.54, 1.807) is 18.4 Å². The topological polar surface area (TPSA) is 26.0 Å². The lowest BCUT2D eigenvalue weighted by Gasteiger charge is -1.99. The van der Waals surface area contributed by atoms with Crippen molar-refractivity contribution in [3.05, 3.63) is 76.1 Å². The maximum absolute atomic E-state index is 6.15. The molecule has 0 spiro atoms. The van der Waals surface area contributed by atoms with E-state index in [2.05, 4.69) is 17.1 Å². The lowest BCUT2D eigenvalue weighted by atomic mass is 10.1. The van der Waals surface area contributed by atoms with E-state index >= 15 is 0 Å². The molecule has 0 bridgehead atoms. The van der Waals surface area contributed by atoms with Crippen molar-refractivity contribution < 1.29 is 4.42 Å². The summed E-state index contributed by atoms with van der Waals surface area (Å²) in [7, 11) is 0. The Bertz CT molecular complexity index is 722. The first-order valence-corrected chi connectivity index (χ1v) is 6.92. The Morgan fingerprint density at radius 1 is 1.00 bits per heavy atom. The van der Waals surface area contributed by atoms with Gasteiger partial charge >= 0.3 is 0 Å². The quantitative estimate of drug-likeness (QED) is 0.661. The number of benzene rings is 2. The Morgan fingerprint density at radius 3 is 2.55 bits per heavy atom. The van der Waals surface area contributed by atoms with Crippen molar-refractivity contribution in [1.29, 1.82) is 0 Å². The summed E-state index contributed by atoms with van der Waals surface area (Å²) >= 11 is 12.0. The smallest absolute Gasteiger partial charge is 0.227 e. The zero-order chi connectivity index (χ0) is 13.9. The van der Waals surface area contributed by atoms with Gasteiger partial charge in [-0.05, 0) is 23.8 Å². The molecule has 20 heavy (non-hydrogen) atoms. The molecular formula is C16H11Cl2NO. The third-order valence-electron chi connectivity index (χ3n) is 2.94. The predicted molar refractivity (Wildman–Crippen MR) is 81.2 cm³/mol. The monoisotopic (exact) mass is 303 g/mol. The van der Waals surface area contributed by atoms with Gasteiger partial charge in [-0.3, -0.25) is 0 Å². The van der Waals surface area contributed by atoms with E-state index in [4.69, 9.17) is 27.6 Å². The molecule has 0 atom stereocenters. The first kappa shape index (κ1) is 13.2. The van der Waals surface area contributed by atoms with Crippen LogP contribution in [0.5, 0.6) is 0 Å². The number of halogens is 2. The second kappa shape index (κ2) is 5.70. The Hall–Kier alpha value is -1.77. The molecule has 0 N–H and O–H groups in total. The maximum Gasteiger partial charge on any atom is 0.227 e. The largest absolute Gasteiger partial charge is 0.444 e. The molecule has 2 nitrogen and oxygen atoms in total. The van der Waals surface area contributed by atoms with Crippen LogP contribution in [-0.2, 0) is 6.42 Å². The van der Waals surface area contributed by atoms with Gasteiger partial charge in [0.15, 0.2) is 0 Å². The average Bonchev–Trinajstić information content (AvgIpc) is 2.88. The molecule has 100 valence electrons. The van der Waals surface area contributed by atoms with Crippen molar-refractivity contribution >= 4 is 23.2 Å². The molecule has 2 aromatic carbocycles. The third-order valence-corrected chi connectivity index (χ3v) is 3.49. The van der Waals surface area contributed by atoms with Crippen molar-refractivity contribution in [2.75, 3.05) is 0 Å². The van der Waals surface area contributed by atoms with E-state index in [1.165, 1.54) is 5.56 Å². The van der Waals surface area contributed by atoms with Crippen molar-refractivity contribution in [2.24, 2.45) is 0 Å². The van der Waals surface area contributed by atoms with Gasteiger partial charge < -0.3 is 4.42 Å². The van der Waals surface area contributed by atoms with Crippen LogP contribution in [0.15, 0.2) is 59.2 Å². The highest BCUT2D eigenvalue weighted by Crippen LogP contribution is 2.30. The van der Waals surface area contributed by atoms with Gasteiger partial charge in [-0.1, -0.05) is 53.5 Å². The highest BCUT2D eigenvalue weighted by molar-refractivity contribution is 6.36. The molecular weight excluding hydrogens is 293 g/mol. The number of rotatable bonds is 3. The van der Waals surface area contributed by atoms with Crippen LogP contribution >= 0.6 is 23.2 Å². The van der Waals surface area contributed by atoms with Gasteiger partial charge in [-0.2, -0.15) is 0 Å². The molecule has 1 aromatic heterocycles. The molecule has 0 aliphatic rings. The Kier molecular flexibility index (Phi) is 3.77. The van der Waals surface area contributed by atoms with Gasteiger partial charge in [0.2, 0.25) is 5.89 Å². The molecule has 0 radical (unpaired) electrons. The van der Waals surface area contributed by atoms with Crippen LogP contribution in [0.25, 0.3) is 11.5 Å². The minimum Gasteiger partial charge on any atom is -0.444 e. The van der Waals surface area contributed by atoms with Crippen molar-refractivity contribution in [2.45, 2.75) is 6.42 Å². The first-order chi connectivity index (χ1) is 9.72. The van der Waals surface area contributed by atoms with Crippen LogP contribution < -0.4 is 0 Å². The van der Waals surface area contributed by atoms with Gasteiger partial charge in [0.25, 0.3) is 0 Å². The first-order valence-electron chi connectivity index (χ1n) is 6.16. The Balaban J connectivity index is 1.87. The SMILES string of the molecule is Clc1ccc(-c2nc(Cc3ccccc3)co2)c(Cl)c1. The minimum absolute atomic E-state index is 0.512. The van der Waals surface area contributed by atoms with Crippen LogP contribution in [0.3, 0.4) is 0 Å². The van der Waals surface area contributed by atoms with Crippen LogP contribution in [0.2, 0.25) is 10.0 Å². The summed E-state index contributed by atoms with van der Waals surface area (Å²) < 4.78 is 5.50. The zero-order valence-corrected chi connectivity index (χ0v) is 12.0. The molecule has 0 saturated heterocycles. The number of nitrogens with zero attached hydrogens (tertiary/aromatic N) is 1. The lowest BCUT2D eigenvalue weighted by Crippen LogP contribution is -1.88. The van der Waals surface area contributed by atoms with E-state index in [0.29, 0.717) is 15.9 Å². The maximum atomic E-state index is 6.15. The molecule has 0 fully saturated rings. The van der Waals surface area contributed by atoms with Crippen molar-refractivity contribution in [3.8, 4) is 11.5 Å². The molecule has 0 unspecified atom stereocenters. The van der Waals surface area contributed by atoms with Gasteiger partial charge in [0.1, 0.15) is 6.26 Å². The van der Waals surface area contributed by atoms with Gasteiger partial charge in [-0.15, -0.1) is 0 Å². The number of oxazole rings is 1. The highest BCUT2D eigenvalue weighted by Gasteiger charge is 2.11. The molecule has 3 rings (SSSR count). The summed E-state index contributed by atoms with van der Waals surface area (Å²) in [5.41, 5.74) is 2.81. The van der Waals surface area contributed by atoms with Gasteiger partial charge in [-0.25, -0.2) is 4.98 Å². The zero-order valence-electron chi connectivity index (χ0n) is 10.5. The van der Waals surface area contributed by atoms with Crippen molar-refractivity contribution in [3.63, 3.8) is 0 Å². The second-order valence-corrected chi connectivity index (χ2v) is 5.27. The van der Waals surface area contributed by atoms with Crippen molar-refractivity contribution in [1.82, 2.24) is 4.98 Å². The third kappa shape index (κ3) is 2.87. The molecule has 0 aliphatic carbocycles. The fourth-order valence-corrected chi connectivity index (χ4v) is 2.47. The molecule has 4 heteroatoms. The summed E-state index contributed by atoms with van der Waals surface area (Å²) in [6.07, 6.45) is 2.39. The molecule has 0 amide bonds. The Morgan fingerprint density at radius 2 is 1.80 bits per heavy atom. The molecule has 0 aliphatic heterocycles. The van der Waals surface area contributed by atoms with E-state index in [1.807, 2.05) is 24.3 Å². The van der Waals surface area contributed by atoms with Gasteiger partial charge in [0.05, 0.1) is 16.3 Å². The normalized spacial score (nSPS) is 10.7. The van der Waals surface area contributed by atoms with E-state index in [9.17, 15) is 0 Å². The van der Waals surface area contributed by atoms with Crippen LogP contribution in [0.1, 0.15) is 11.3 Å². The molecule has 3 aromatic rings. The van der Waals surface area contributed by atoms with Gasteiger partial charge in [0, 0.05) is 11.4 Å². The summed E-state index contributed by atoms with van der Waals surface area (Å²) in [6, 6.07) is 15.4. The predicted octanol–water partition coefficient (Wildman–Crippen LogP) is 5.24. The summed E-state index contributed by atoms with van der Waals surface area (Å²) in [5, 5.41) is 1.13. The number of hydrogen-bond donors (Lipinski definition) is 0. The van der Waals surface area contributed by atoms with E-state index < -0.39 is 0 Å². The second-order valence-electron chi connectivity index (χ2n) is 4.43. The van der Waals surface area contributed by atoms with Crippen LogP contribution in [0.4, 0.5) is 0 Å². The number of aromatic nitrogens is 1. The summed E-state index contributed by atoms with van der Waals surface area (Å²) in [6.45, 7) is 0. The van der Waals surface area contributed by atoms with E-state index in [0.717, 1.165) is 17.7 Å².